The van der Waals surface area contributed by atoms with Crippen molar-refractivity contribution in [3.05, 3.63) is 64.1 Å². The molecule has 0 fully saturated rings. The molecule has 1 heterocycles. The molecule has 4 atom stereocenters. The molecule has 2 aromatic rings. The summed E-state index contributed by atoms with van der Waals surface area (Å²) in [6, 6.07) is 8.20. The topological polar surface area (TPSA) is 82.4 Å². The van der Waals surface area contributed by atoms with Crippen LogP contribution in [0.4, 0.5) is 14.5 Å². The molecule has 0 saturated carbocycles. The van der Waals surface area contributed by atoms with E-state index in [9.17, 15) is 23.9 Å². The zero-order valence-electron chi connectivity index (χ0n) is 17.1. The summed E-state index contributed by atoms with van der Waals surface area (Å²) in [6.45, 7) is 0.601. The molecule has 0 amide bonds. The molecule has 6 nitrogen and oxygen atoms in total. The summed E-state index contributed by atoms with van der Waals surface area (Å²) in [5, 5.41) is 23.7. The Morgan fingerprint density at radius 3 is 2.68 bits per heavy atom. The van der Waals surface area contributed by atoms with Gasteiger partial charge in [-0.15, -0.1) is 4.91 Å². The summed E-state index contributed by atoms with van der Waals surface area (Å²) < 4.78 is 34.2. The molecule has 0 saturated heterocycles. The average molecular weight is 452 g/mol. The van der Waals surface area contributed by atoms with Crippen LogP contribution < -0.4 is 4.74 Å². The zero-order chi connectivity index (χ0) is 22.4. The fraction of sp³-hybridized carbons (Fsp3) is 0.455. The lowest BCUT2D eigenvalue weighted by atomic mass is 9.99. The molecule has 0 bridgehead atoms. The Hall–Kier alpha value is -1.99. The molecule has 2 aromatic carbocycles. The number of fused-ring (bicyclic) bond motifs is 1. The number of hydrogen-bond acceptors (Lipinski definition) is 6. The van der Waals surface area contributed by atoms with Crippen molar-refractivity contribution in [2.24, 2.45) is 5.18 Å². The van der Waals surface area contributed by atoms with E-state index in [1.807, 2.05) is 0 Å². The summed E-state index contributed by atoms with van der Waals surface area (Å²) in [5.41, 5.74) is 1.53. The lowest BCUT2D eigenvalue weighted by molar-refractivity contribution is 0.0102. The van der Waals surface area contributed by atoms with Gasteiger partial charge in [0, 0.05) is 13.1 Å². The molecule has 168 valence electrons. The maximum Gasteiger partial charge on any atom is 0.126 e. The summed E-state index contributed by atoms with van der Waals surface area (Å²) >= 11 is 0. The number of nitroso groups, excluding NO2 is 1. The minimum Gasteiger partial charge on any atom is -0.487 e. The van der Waals surface area contributed by atoms with Gasteiger partial charge in [0.15, 0.2) is 0 Å². The van der Waals surface area contributed by atoms with E-state index in [4.69, 9.17) is 4.74 Å². The van der Waals surface area contributed by atoms with E-state index in [1.165, 1.54) is 30.3 Å². The molecule has 3 rings (SSSR count). The molecule has 0 spiro atoms. The molecule has 31 heavy (non-hydrogen) atoms. The van der Waals surface area contributed by atoms with Crippen LogP contribution in [0.2, 0.25) is 0 Å². The van der Waals surface area contributed by atoms with Gasteiger partial charge in [0.2, 0.25) is 0 Å². The molecule has 9 heteroatoms. The first-order valence-corrected chi connectivity index (χ1v) is 10.8. The maximum atomic E-state index is 13.4. The quantitative estimate of drug-likeness (QED) is 0.422. The SMILES string of the molecule is O=Nc1ccc(F)cc1CCC[C@H](O)CN(P)C[C@@H](O)[C@@H]1CCc2cc(F)ccc2O1. The van der Waals surface area contributed by atoms with Gasteiger partial charge in [-0.1, -0.05) is 9.39 Å². The normalized spacial score (nSPS) is 17.7. The van der Waals surface area contributed by atoms with Crippen LogP contribution in [0.1, 0.15) is 30.4 Å². The lowest BCUT2D eigenvalue weighted by Gasteiger charge is -2.32. The number of halogens is 2. The van der Waals surface area contributed by atoms with Gasteiger partial charge in [-0.3, -0.25) is 4.67 Å². The molecule has 0 radical (unpaired) electrons. The Morgan fingerprint density at radius 1 is 1.16 bits per heavy atom. The van der Waals surface area contributed by atoms with Crippen molar-refractivity contribution in [2.75, 3.05) is 13.1 Å². The summed E-state index contributed by atoms with van der Waals surface area (Å²) in [7, 11) is 2.50. The number of benzene rings is 2. The summed E-state index contributed by atoms with van der Waals surface area (Å²) in [6.07, 6.45) is 0.845. The van der Waals surface area contributed by atoms with Crippen LogP contribution in [0, 0.1) is 16.5 Å². The number of aliphatic hydroxyl groups excluding tert-OH is 2. The minimum absolute atomic E-state index is 0.212. The molecular weight excluding hydrogens is 425 g/mol. The highest BCUT2D eigenvalue weighted by Gasteiger charge is 2.27. The third kappa shape index (κ3) is 6.74. The summed E-state index contributed by atoms with van der Waals surface area (Å²) in [4.78, 5) is 10.8. The average Bonchev–Trinajstić information content (AvgIpc) is 2.73. The van der Waals surface area contributed by atoms with Crippen molar-refractivity contribution in [3.8, 4) is 5.75 Å². The van der Waals surface area contributed by atoms with Gasteiger partial charge in [-0.25, -0.2) is 8.78 Å². The number of aliphatic hydroxyl groups is 2. The van der Waals surface area contributed by atoms with Gasteiger partial charge in [-0.2, -0.15) is 0 Å². The Kier molecular flexibility index (Phi) is 8.43. The fourth-order valence-corrected chi connectivity index (χ4v) is 4.27. The zero-order valence-corrected chi connectivity index (χ0v) is 18.2. The van der Waals surface area contributed by atoms with Gasteiger partial charge in [0.25, 0.3) is 0 Å². The van der Waals surface area contributed by atoms with Crippen molar-refractivity contribution >= 4 is 15.1 Å². The Balaban J connectivity index is 1.42. The van der Waals surface area contributed by atoms with Crippen molar-refractivity contribution in [1.82, 2.24) is 4.67 Å². The molecule has 2 N–H and O–H groups in total. The Bertz CT molecular complexity index is 902. The highest BCUT2D eigenvalue weighted by Crippen LogP contribution is 2.29. The Labute approximate surface area is 182 Å². The smallest absolute Gasteiger partial charge is 0.126 e. The molecular formula is C22H27F2N2O4P. The van der Waals surface area contributed by atoms with Crippen molar-refractivity contribution < 1.29 is 23.7 Å². The number of nitrogens with zero attached hydrogens (tertiary/aromatic N) is 2. The monoisotopic (exact) mass is 452 g/mol. The molecule has 1 aliphatic heterocycles. The van der Waals surface area contributed by atoms with Crippen LogP contribution in [0.25, 0.3) is 0 Å². The van der Waals surface area contributed by atoms with Crippen LogP contribution in [0.3, 0.4) is 0 Å². The van der Waals surface area contributed by atoms with Crippen molar-refractivity contribution in [2.45, 2.75) is 50.4 Å². The van der Waals surface area contributed by atoms with Gasteiger partial charge < -0.3 is 14.9 Å². The van der Waals surface area contributed by atoms with Gasteiger partial charge in [0.05, 0.1) is 6.10 Å². The standard InChI is InChI=1S/C22H27F2N2O4P/c23-16-5-7-19(25-29)14(10-16)2-1-3-18(27)12-26(31)13-20(28)22-8-4-15-11-17(24)6-9-21(15)30-22/h5-7,9-11,18,20,22,27-28H,1-4,8,12-13,31H2/t18-,20+,22-/m0/s1. The summed E-state index contributed by atoms with van der Waals surface area (Å²) in [5.74, 6) is -0.137. The van der Waals surface area contributed by atoms with Crippen LogP contribution in [0.15, 0.2) is 41.6 Å². The molecule has 1 aliphatic rings. The van der Waals surface area contributed by atoms with E-state index in [0.717, 1.165) is 5.56 Å². The van der Waals surface area contributed by atoms with Gasteiger partial charge in [0.1, 0.15) is 35.3 Å². The van der Waals surface area contributed by atoms with Crippen LogP contribution in [-0.4, -0.2) is 46.3 Å². The Morgan fingerprint density at radius 2 is 1.90 bits per heavy atom. The van der Waals surface area contributed by atoms with E-state index in [0.29, 0.717) is 50.0 Å². The lowest BCUT2D eigenvalue weighted by Crippen LogP contribution is -2.42. The van der Waals surface area contributed by atoms with E-state index in [-0.39, 0.29) is 18.0 Å². The largest absolute Gasteiger partial charge is 0.487 e. The van der Waals surface area contributed by atoms with Crippen molar-refractivity contribution in [1.29, 1.82) is 0 Å². The molecule has 0 aromatic heterocycles. The highest BCUT2D eigenvalue weighted by atomic mass is 31.0. The second-order valence-electron chi connectivity index (χ2n) is 7.88. The van der Waals surface area contributed by atoms with E-state index in [2.05, 4.69) is 14.6 Å². The van der Waals surface area contributed by atoms with Crippen LogP contribution in [0.5, 0.6) is 5.75 Å². The number of hydrogen-bond donors (Lipinski definition) is 2. The first-order valence-electron chi connectivity index (χ1n) is 10.3. The van der Waals surface area contributed by atoms with Gasteiger partial charge in [-0.05, 0) is 84.8 Å². The van der Waals surface area contributed by atoms with Gasteiger partial charge >= 0.3 is 0 Å². The van der Waals surface area contributed by atoms with E-state index >= 15 is 0 Å². The third-order valence-electron chi connectivity index (χ3n) is 5.42. The highest BCUT2D eigenvalue weighted by molar-refractivity contribution is 7.13. The number of rotatable bonds is 10. The molecule has 1 unspecified atom stereocenters. The third-order valence-corrected chi connectivity index (χ3v) is 5.84. The first-order chi connectivity index (χ1) is 14.9. The minimum atomic E-state index is -0.767. The van der Waals surface area contributed by atoms with Crippen molar-refractivity contribution in [3.63, 3.8) is 0 Å². The second-order valence-corrected chi connectivity index (χ2v) is 8.61. The predicted molar refractivity (Wildman–Crippen MR) is 117 cm³/mol. The van der Waals surface area contributed by atoms with Crippen LogP contribution >= 0.6 is 9.39 Å². The first kappa shape index (κ1) is 23.7. The number of ether oxygens (including phenoxy) is 1. The predicted octanol–water partition coefficient (Wildman–Crippen LogP) is 3.89. The number of aryl methyl sites for hydroxylation is 2. The second kappa shape index (κ2) is 11.0. The van der Waals surface area contributed by atoms with E-state index < -0.39 is 24.1 Å². The maximum absolute atomic E-state index is 13.4. The van der Waals surface area contributed by atoms with Crippen LogP contribution in [-0.2, 0) is 12.8 Å². The molecule has 0 aliphatic carbocycles. The fourth-order valence-electron chi connectivity index (χ4n) is 3.81. The van der Waals surface area contributed by atoms with E-state index in [1.54, 1.807) is 10.7 Å².